The van der Waals surface area contributed by atoms with Crippen molar-refractivity contribution in [2.45, 2.75) is 13.8 Å². The molecule has 31 heavy (non-hydrogen) atoms. The van der Waals surface area contributed by atoms with Gasteiger partial charge in [0.15, 0.2) is 22.9 Å². The third-order valence-corrected chi connectivity index (χ3v) is 4.39. The number of hydrogen-bond donors (Lipinski definition) is 2. The van der Waals surface area contributed by atoms with E-state index in [2.05, 4.69) is 9.97 Å². The summed E-state index contributed by atoms with van der Waals surface area (Å²) in [6.07, 6.45) is 0. The Bertz CT molecular complexity index is 1320. The van der Waals surface area contributed by atoms with E-state index in [9.17, 15) is 29.4 Å². The highest BCUT2D eigenvalue weighted by atomic mass is 16.6. The van der Waals surface area contributed by atoms with Crippen molar-refractivity contribution < 1.29 is 43.0 Å². The van der Waals surface area contributed by atoms with Crippen LogP contribution in [0.1, 0.15) is 53.2 Å². The van der Waals surface area contributed by atoms with Crippen LogP contribution in [-0.2, 0) is 4.74 Å². The van der Waals surface area contributed by atoms with Crippen molar-refractivity contribution in [1.29, 1.82) is 0 Å². The van der Waals surface area contributed by atoms with Gasteiger partial charge in [0.05, 0.1) is 11.1 Å². The summed E-state index contributed by atoms with van der Waals surface area (Å²) in [5.74, 6) is -5.27. The van der Waals surface area contributed by atoms with Crippen LogP contribution in [0.3, 0.4) is 0 Å². The van der Waals surface area contributed by atoms with Crippen LogP contribution in [0.15, 0.2) is 33.1 Å². The Balaban J connectivity index is 1.83. The average Bonchev–Trinajstić information content (AvgIpc) is 3.25. The normalized spacial score (nSPS) is 11.0. The molecule has 11 heteroatoms. The molecule has 2 N–H and O–H groups in total. The average molecular weight is 424 g/mol. The largest absolute Gasteiger partial charge is 0.478 e. The Labute approximate surface area is 171 Å². The summed E-state index contributed by atoms with van der Waals surface area (Å²) in [6.45, 7) is 2.99. The molecule has 0 atom stereocenters. The zero-order valence-corrected chi connectivity index (χ0v) is 16.0. The lowest BCUT2D eigenvalue weighted by Crippen LogP contribution is -2.19. The van der Waals surface area contributed by atoms with Gasteiger partial charge in [-0.05, 0) is 24.3 Å². The number of carbonyl (C=O) groups is 4. The number of aromatic nitrogens is 2. The van der Waals surface area contributed by atoms with E-state index < -0.39 is 46.1 Å². The van der Waals surface area contributed by atoms with E-state index in [0.29, 0.717) is 0 Å². The standard InChI is InChI=1S/C20H12N2O9/c1-7-21-15-11(29-7)5-3-9(17(23)24)13(15)19(27)31-20(28)14-10(18(25)26)4-6-12-16(14)22-8(2)30-12/h3-6H,1-2H3,(H,23,24)(H,25,26). The van der Waals surface area contributed by atoms with Gasteiger partial charge in [0.25, 0.3) is 0 Å². The molecule has 156 valence electrons. The number of hydrogen-bond acceptors (Lipinski definition) is 9. The minimum atomic E-state index is -1.46. The first kappa shape index (κ1) is 19.8. The number of carbonyl (C=O) groups excluding carboxylic acids is 2. The van der Waals surface area contributed by atoms with Gasteiger partial charge in [0, 0.05) is 13.8 Å². The predicted octanol–water partition coefficient (Wildman–Crippen LogP) is 2.98. The highest BCUT2D eigenvalue weighted by molar-refractivity contribution is 6.17. The molecule has 0 aliphatic rings. The fraction of sp³-hybridized carbons (Fsp3) is 0.100. The first-order valence-electron chi connectivity index (χ1n) is 8.70. The fourth-order valence-electron chi connectivity index (χ4n) is 3.17. The number of rotatable bonds is 4. The molecule has 2 aromatic heterocycles. The zero-order chi connectivity index (χ0) is 22.4. The predicted molar refractivity (Wildman–Crippen MR) is 101 cm³/mol. The zero-order valence-electron chi connectivity index (χ0n) is 16.0. The van der Waals surface area contributed by atoms with Gasteiger partial charge in [0.1, 0.15) is 22.2 Å². The number of benzene rings is 2. The molecular formula is C20H12N2O9. The molecule has 2 aromatic carbocycles. The summed E-state index contributed by atoms with van der Waals surface area (Å²) in [4.78, 5) is 56.8. The first-order valence-corrected chi connectivity index (χ1v) is 8.70. The maximum Gasteiger partial charge on any atom is 0.349 e. The molecule has 0 bridgehead atoms. The first-order chi connectivity index (χ1) is 14.7. The third-order valence-electron chi connectivity index (χ3n) is 4.39. The Hall–Kier alpha value is -4.54. The van der Waals surface area contributed by atoms with Crippen LogP contribution in [0.2, 0.25) is 0 Å². The van der Waals surface area contributed by atoms with E-state index >= 15 is 0 Å². The van der Waals surface area contributed by atoms with Gasteiger partial charge < -0.3 is 23.8 Å². The van der Waals surface area contributed by atoms with Gasteiger partial charge in [-0.3, -0.25) is 0 Å². The molecule has 0 saturated carbocycles. The van der Waals surface area contributed by atoms with Crippen molar-refractivity contribution in [2.24, 2.45) is 0 Å². The smallest absolute Gasteiger partial charge is 0.349 e. The van der Waals surface area contributed by atoms with Gasteiger partial charge in [-0.1, -0.05) is 0 Å². The molecule has 0 amide bonds. The lowest BCUT2D eigenvalue weighted by molar-refractivity contribution is 0.0389. The summed E-state index contributed by atoms with van der Waals surface area (Å²) < 4.78 is 15.5. The van der Waals surface area contributed by atoms with E-state index in [1.54, 1.807) is 0 Å². The monoisotopic (exact) mass is 424 g/mol. The number of carboxylic acids is 2. The van der Waals surface area contributed by atoms with Crippen molar-refractivity contribution >= 4 is 46.1 Å². The highest BCUT2D eigenvalue weighted by Gasteiger charge is 2.30. The lowest BCUT2D eigenvalue weighted by Gasteiger charge is -2.08. The molecule has 2 heterocycles. The van der Waals surface area contributed by atoms with E-state index in [0.717, 1.165) is 12.1 Å². The van der Waals surface area contributed by atoms with Crippen molar-refractivity contribution in [2.75, 3.05) is 0 Å². The summed E-state index contributed by atoms with van der Waals surface area (Å²) in [5.41, 5.74) is -1.93. The minimum absolute atomic E-state index is 0.107. The van der Waals surface area contributed by atoms with Crippen molar-refractivity contribution in [3.8, 4) is 0 Å². The fourth-order valence-corrected chi connectivity index (χ4v) is 3.17. The number of ether oxygens (including phenoxy) is 1. The molecule has 0 saturated heterocycles. The number of aromatic carboxylic acids is 2. The summed E-state index contributed by atoms with van der Waals surface area (Å²) >= 11 is 0. The van der Waals surface area contributed by atoms with E-state index in [1.165, 1.54) is 26.0 Å². The second-order valence-electron chi connectivity index (χ2n) is 6.42. The van der Waals surface area contributed by atoms with Gasteiger partial charge in [0.2, 0.25) is 0 Å². The molecule has 0 unspecified atom stereocenters. The SMILES string of the molecule is Cc1nc2c(C(=O)OC(=O)c3c(C(=O)O)ccc4oc(C)nc34)c(C(=O)O)ccc2o1. The summed E-state index contributed by atoms with van der Waals surface area (Å²) in [5, 5.41) is 18.9. The second-order valence-corrected chi connectivity index (χ2v) is 6.42. The molecule has 0 aliphatic carbocycles. The van der Waals surface area contributed by atoms with Crippen LogP contribution in [0.4, 0.5) is 0 Å². The van der Waals surface area contributed by atoms with Gasteiger partial charge in [-0.25, -0.2) is 29.1 Å². The van der Waals surface area contributed by atoms with Crippen LogP contribution in [0.25, 0.3) is 22.2 Å². The number of aryl methyl sites for hydroxylation is 2. The van der Waals surface area contributed by atoms with Gasteiger partial charge >= 0.3 is 23.9 Å². The number of nitrogens with zero attached hydrogens (tertiary/aromatic N) is 2. The Morgan fingerprint density at radius 1 is 0.742 bits per heavy atom. The quantitative estimate of drug-likeness (QED) is 0.364. The maximum absolute atomic E-state index is 12.8. The Morgan fingerprint density at radius 2 is 1.13 bits per heavy atom. The third kappa shape index (κ3) is 3.27. The maximum atomic E-state index is 12.8. The molecular weight excluding hydrogens is 412 g/mol. The number of oxazole rings is 2. The van der Waals surface area contributed by atoms with E-state index in [-0.39, 0.29) is 34.0 Å². The van der Waals surface area contributed by atoms with Crippen LogP contribution >= 0.6 is 0 Å². The molecule has 0 spiro atoms. The minimum Gasteiger partial charge on any atom is -0.478 e. The van der Waals surface area contributed by atoms with Crippen molar-refractivity contribution in [1.82, 2.24) is 9.97 Å². The molecule has 0 radical (unpaired) electrons. The van der Waals surface area contributed by atoms with E-state index in [4.69, 9.17) is 13.6 Å². The van der Waals surface area contributed by atoms with Crippen molar-refractivity contribution in [3.63, 3.8) is 0 Å². The van der Waals surface area contributed by atoms with Crippen LogP contribution in [0.5, 0.6) is 0 Å². The second kappa shape index (κ2) is 7.06. The number of esters is 2. The highest BCUT2D eigenvalue weighted by Crippen LogP contribution is 2.27. The Kier molecular flexibility index (Phi) is 4.50. The topological polar surface area (TPSA) is 170 Å². The molecule has 0 fully saturated rings. The number of carboxylic acid groups (broad SMARTS) is 2. The lowest BCUT2D eigenvalue weighted by atomic mass is 10.0. The van der Waals surface area contributed by atoms with E-state index in [1.807, 2.05) is 0 Å². The van der Waals surface area contributed by atoms with Crippen molar-refractivity contribution in [3.05, 3.63) is 58.3 Å². The van der Waals surface area contributed by atoms with Crippen LogP contribution in [-0.4, -0.2) is 44.1 Å². The Morgan fingerprint density at radius 3 is 1.48 bits per heavy atom. The molecule has 4 aromatic rings. The summed E-state index contributed by atoms with van der Waals surface area (Å²) in [7, 11) is 0. The number of fused-ring (bicyclic) bond motifs is 2. The summed E-state index contributed by atoms with van der Waals surface area (Å²) in [6, 6.07) is 4.86. The molecule has 0 aliphatic heterocycles. The molecule has 11 nitrogen and oxygen atoms in total. The van der Waals surface area contributed by atoms with Gasteiger partial charge in [-0.2, -0.15) is 0 Å². The van der Waals surface area contributed by atoms with Gasteiger partial charge in [-0.15, -0.1) is 0 Å². The van der Waals surface area contributed by atoms with Crippen LogP contribution < -0.4 is 0 Å². The van der Waals surface area contributed by atoms with Crippen LogP contribution in [0, 0.1) is 13.8 Å². The molecule has 4 rings (SSSR count).